The Morgan fingerprint density at radius 2 is 2.50 bits per heavy atom. The van der Waals surface area contributed by atoms with E-state index in [-0.39, 0.29) is 18.6 Å². The van der Waals surface area contributed by atoms with Crippen LogP contribution in [0.4, 0.5) is 0 Å². The Balaban J connectivity index is 2.40. The first-order valence-electron chi connectivity index (χ1n) is 4.83. The molecule has 0 aromatic rings. The fourth-order valence-corrected chi connectivity index (χ4v) is 1.45. The summed E-state index contributed by atoms with van der Waals surface area (Å²) in [4.78, 5) is 11.1. The van der Waals surface area contributed by atoms with Gasteiger partial charge in [0.25, 0.3) is 0 Å². The highest BCUT2D eigenvalue weighted by molar-refractivity contribution is 5.87. The number of carbonyl (C=O) groups is 1. The maximum absolute atomic E-state index is 11.1. The summed E-state index contributed by atoms with van der Waals surface area (Å²) in [5, 5.41) is 12.7. The molecule has 1 heterocycles. The molecule has 0 saturated carbocycles. The van der Waals surface area contributed by atoms with E-state index in [4.69, 9.17) is 4.74 Å². The van der Waals surface area contributed by atoms with Crippen molar-refractivity contribution in [1.82, 2.24) is 5.32 Å². The standard InChI is InChI=1S/C10H17NO3/c1-3-4-9(12)11-7-10(13)5-6-14-8(10)2/h3-4,8,13H,5-7H2,1-2H3,(H,11,12)/b4-3+. The van der Waals surface area contributed by atoms with Crippen molar-refractivity contribution in [3.05, 3.63) is 12.2 Å². The van der Waals surface area contributed by atoms with Crippen LogP contribution >= 0.6 is 0 Å². The van der Waals surface area contributed by atoms with Crippen molar-refractivity contribution in [2.75, 3.05) is 13.2 Å². The normalized spacial score (nSPS) is 32.4. The molecule has 80 valence electrons. The van der Waals surface area contributed by atoms with Crippen molar-refractivity contribution >= 4 is 5.91 Å². The van der Waals surface area contributed by atoms with Crippen LogP contribution < -0.4 is 5.32 Å². The van der Waals surface area contributed by atoms with Gasteiger partial charge in [0.1, 0.15) is 5.60 Å². The Bertz CT molecular complexity index is 240. The van der Waals surface area contributed by atoms with E-state index in [1.807, 2.05) is 6.92 Å². The van der Waals surface area contributed by atoms with Crippen LogP contribution in [0.3, 0.4) is 0 Å². The quantitative estimate of drug-likeness (QED) is 0.639. The van der Waals surface area contributed by atoms with Gasteiger partial charge in [-0.05, 0) is 19.9 Å². The topological polar surface area (TPSA) is 58.6 Å². The lowest BCUT2D eigenvalue weighted by Crippen LogP contribution is -2.47. The highest BCUT2D eigenvalue weighted by Crippen LogP contribution is 2.24. The molecule has 0 aromatic heterocycles. The van der Waals surface area contributed by atoms with Crippen molar-refractivity contribution < 1.29 is 14.6 Å². The molecule has 2 atom stereocenters. The van der Waals surface area contributed by atoms with Gasteiger partial charge in [-0.3, -0.25) is 4.79 Å². The molecule has 0 aliphatic carbocycles. The minimum Gasteiger partial charge on any atom is -0.385 e. The summed E-state index contributed by atoms with van der Waals surface area (Å²) >= 11 is 0. The second-order valence-corrected chi connectivity index (χ2v) is 3.58. The molecule has 1 saturated heterocycles. The third-order valence-corrected chi connectivity index (χ3v) is 2.55. The number of allylic oxidation sites excluding steroid dienone is 1. The van der Waals surface area contributed by atoms with Gasteiger partial charge >= 0.3 is 0 Å². The molecule has 0 radical (unpaired) electrons. The maximum atomic E-state index is 11.1. The predicted molar refractivity (Wildman–Crippen MR) is 52.8 cm³/mol. The number of aliphatic hydroxyl groups is 1. The Morgan fingerprint density at radius 3 is 3.00 bits per heavy atom. The van der Waals surface area contributed by atoms with Crippen LogP contribution in [-0.4, -0.2) is 35.9 Å². The van der Waals surface area contributed by atoms with Crippen LogP contribution in [0.2, 0.25) is 0 Å². The summed E-state index contributed by atoms with van der Waals surface area (Å²) in [5.41, 5.74) is -0.906. The average molecular weight is 199 g/mol. The van der Waals surface area contributed by atoms with Gasteiger partial charge < -0.3 is 15.2 Å². The Kier molecular flexibility index (Phi) is 3.66. The first kappa shape index (κ1) is 11.2. The van der Waals surface area contributed by atoms with E-state index in [1.54, 1.807) is 13.0 Å². The highest BCUT2D eigenvalue weighted by Gasteiger charge is 2.39. The Labute approximate surface area is 83.9 Å². The van der Waals surface area contributed by atoms with Crippen molar-refractivity contribution in [3.63, 3.8) is 0 Å². The zero-order chi connectivity index (χ0) is 10.6. The number of rotatable bonds is 3. The SMILES string of the molecule is C/C=C/C(=O)NCC1(O)CCOC1C. The number of ether oxygens (including phenoxy) is 1. The predicted octanol–water partition coefficient (Wildman–Crippen LogP) is 0.219. The van der Waals surface area contributed by atoms with E-state index in [0.717, 1.165) is 0 Å². The first-order valence-corrected chi connectivity index (χ1v) is 4.83. The minimum atomic E-state index is -0.906. The van der Waals surface area contributed by atoms with Gasteiger partial charge in [0.05, 0.1) is 6.10 Å². The molecular formula is C10H17NO3. The molecule has 4 nitrogen and oxygen atoms in total. The van der Waals surface area contributed by atoms with Crippen LogP contribution in [0.1, 0.15) is 20.3 Å². The van der Waals surface area contributed by atoms with Crippen molar-refractivity contribution in [1.29, 1.82) is 0 Å². The summed E-state index contributed by atoms with van der Waals surface area (Å²) < 4.78 is 5.24. The Morgan fingerprint density at radius 1 is 1.79 bits per heavy atom. The van der Waals surface area contributed by atoms with E-state index in [1.165, 1.54) is 6.08 Å². The van der Waals surface area contributed by atoms with Crippen LogP contribution in [0.15, 0.2) is 12.2 Å². The number of carbonyl (C=O) groups excluding carboxylic acids is 1. The fourth-order valence-electron chi connectivity index (χ4n) is 1.45. The average Bonchev–Trinajstić information content (AvgIpc) is 2.46. The second kappa shape index (κ2) is 4.57. The van der Waals surface area contributed by atoms with E-state index < -0.39 is 5.60 Å². The van der Waals surface area contributed by atoms with Gasteiger partial charge in [-0.25, -0.2) is 0 Å². The Hall–Kier alpha value is -0.870. The van der Waals surface area contributed by atoms with E-state index in [9.17, 15) is 9.90 Å². The molecule has 2 N–H and O–H groups in total. The van der Waals surface area contributed by atoms with Crippen LogP contribution in [0.5, 0.6) is 0 Å². The van der Waals surface area contributed by atoms with Crippen LogP contribution in [0, 0.1) is 0 Å². The molecule has 0 aromatic carbocycles. The molecule has 0 spiro atoms. The summed E-state index contributed by atoms with van der Waals surface area (Å²) in [6, 6.07) is 0. The lowest BCUT2D eigenvalue weighted by molar-refractivity contribution is -0.118. The number of nitrogens with one attached hydrogen (secondary N) is 1. The van der Waals surface area contributed by atoms with Crippen molar-refractivity contribution in [3.8, 4) is 0 Å². The van der Waals surface area contributed by atoms with Gasteiger partial charge in [0, 0.05) is 19.6 Å². The van der Waals surface area contributed by atoms with E-state index >= 15 is 0 Å². The van der Waals surface area contributed by atoms with Gasteiger partial charge in [-0.15, -0.1) is 0 Å². The zero-order valence-corrected chi connectivity index (χ0v) is 8.62. The van der Waals surface area contributed by atoms with Gasteiger partial charge in [0.15, 0.2) is 0 Å². The summed E-state index contributed by atoms with van der Waals surface area (Å²) in [7, 11) is 0. The van der Waals surface area contributed by atoms with Gasteiger partial charge in [-0.1, -0.05) is 6.08 Å². The number of amides is 1. The largest absolute Gasteiger partial charge is 0.385 e. The third kappa shape index (κ3) is 2.56. The summed E-state index contributed by atoms with van der Waals surface area (Å²) in [6.07, 6.45) is 3.45. The fraction of sp³-hybridized carbons (Fsp3) is 0.700. The molecule has 1 aliphatic heterocycles. The third-order valence-electron chi connectivity index (χ3n) is 2.55. The van der Waals surface area contributed by atoms with Gasteiger partial charge in [0.2, 0.25) is 5.91 Å². The molecule has 0 bridgehead atoms. The molecule has 14 heavy (non-hydrogen) atoms. The molecule has 1 aliphatic rings. The van der Waals surface area contributed by atoms with Gasteiger partial charge in [-0.2, -0.15) is 0 Å². The van der Waals surface area contributed by atoms with E-state index in [2.05, 4.69) is 5.32 Å². The number of hydrogen-bond donors (Lipinski definition) is 2. The minimum absolute atomic E-state index is 0.181. The smallest absolute Gasteiger partial charge is 0.243 e. The second-order valence-electron chi connectivity index (χ2n) is 3.58. The molecule has 2 unspecified atom stereocenters. The van der Waals surface area contributed by atoms with E-state index in [0.29, 0.717) is 13.0 Å². The lowest BCUT2D eigenvalue weighted by Gasteiger charge is -2.25. The van der Waals surface area contributed by atoms with Crippen LogP contribution in [-0.2, 0) is 9.53 Å². The van der Waals surface area contributed by atoms with Crippen LogP contribution in [0.25, 0.3) is 0 Å². The molecular weight excluding hydrogens is 182 g/mol. The molecule has 1 fully saturated rings. The monoisotopic (exact) mass is 199 g/mol. The van der Waals surface area contributed by atoms with Crippen molar-refractivity contribution in [2.24, 2.45) is 0 Å². The zero-order valence-electron chi connectivity index (χ0n) is 8.62. The summed E-state index contributed by atoms with van der Waals surface area (Å²) in [6.45, 7) is 4.39. The molecule has 1 rings (SSSR count). The lowest BCUT2D eigenvalue weighted by atomic mass is 9.97. The molecule has 1 amide bonds. The first-order chi connectivity index (χ1) is 6.58. The highest BCUT2D eigenvalue weighted by atomic mass is 16.5. The van der Waals surface area contributed by atoms with Crippen molar-refractivity contribution in [2.45, 2.75) is 32.0 Å². The maximum Gasteiger partial charge on any atom is 0.243 e. The molecule has 4 heteroatoms. The summed E-state index contributed by atoms with van der Waals surface area (Å²) in [5.74, 6) is -0.181. The number of hydrogen-bond acceptors (Lipinski definition) is 3.